The predicted molar refractivity (Wildman–Crippen MR) is 353 cm³/mol. The summed E-state index contributed by atoms with van der Waals surface area (Å²) in [6.45, 7) is 2.29. The molecule has 0 heterocycles. The number of phosphoric ester groups is 2. The van der Waals surface area contributed by atoms with Crippen LogP contribution in [0.25, 0.3) is 0 Å². The Labute approximate surface area is 525 Å². The van der Waals surface area contributed by atoms with Crippen molar-refractivity contribution in [3.05, 3.63) is 134 Å². The van der Waals surface area contributed by atoms with Crippen LogP contribution in [0.2, 0.25) is 0 Å². The van der Waals surface area contributed by atoms with Gasteiger partial charge < -0.3 is 34.2 Å². The Morgan fingerprint density at radius 1 is 0.333 bits per heavy atom. The van der Waals surface area contributed by atoms with Gasteiger partial charge in [-0.25, -0.2) is 9.13 Å². The number of ether oxygens (including phenoxy) is 3. The van der Waals surface area contributed by atoms with Gasteiger partial charge in [0.2, 0.25) is 0 Å². The molecule has 87 heavy (non-hydrogen) atoms. The molecule has 0 aromatic carbocycles. The highest BCUT2D eigenvalue weighted by molar-refractivity contribution is 7.47. The lowest BCUT2D eigenvalue weighted by Gasteiger charge is -2.21. The third-order valence-corrected chi connectivity index (χ3v) is 14.7. The molecule has 0 aromatic rings. The maximum Gasteiger partial charge on any atom is 0.472 e. The van der Waals surface area contributed by atoms with Crippen molar-refractivity contribution in [1.82, 2.24) is 0 Å². The van der Waals surface area contributed by atoms with Crippen LogP contribution >= 0.6 is 15.6 Å². The fraction of sp³-hybridized carbons (Fsp3) is 0.638. The van der Waals surface area contributed by atoms with E-state index in [4.69, 9.17) is 32.3 Å². The maximum atomic E-state index is 12.9. The summed E-state index contributed by atoms with van der Waals surface area (Å²) in [4.78, 5) is 58.3. The molecule has 0 aliphatic carbocycles. The summed E-state index contributed by atoms with van der Waals surface area (Å²) >= 11 is 0. The summed E-state index contributed by atoms with van der Waals surface area (Å²) in [5, 5.41) is 20.5. The standard InChI is InChI=1S/C69H114O16P2/c1-4-7-10-13-16-19-22-25-28-29-30-31-32-33-36-38-40-43-46-49-52-55-67(72)79-58-64(70)59-81-86(75,76)82-60-65(71)61-83-87(77,78)84-63-66(85-69(74)57-54-51-48-45-42-39-35-27-24-21-18-15-12-9-6-3)62-80-68(73)56-53-50-47-44-41-37-34-26-23-20-17-14-11-8-5-2/h7-8,10-11,16-21,25-28,30-31,33-36,40,43,64-66,70-71H,4-6,9,12-15,22-24,29,32,37-39,41-42,44-63H2,1-3H3,(H,75,76)(H,77,78)/b10-7-,11-8-,19-16-,20-17-,21-18-,28-25-,31-30-,34-26-,35-27-,36-33-,43-40-. The second-order valence-electron chi connectivity index (χ2n) is 21.1. The SMILES string of the molecule is CC/C=C\C/C=C\C/C=C\C/C=C\C/C=C\C/C=C\CCCCC(=O)OCC(O)COP(=O)(O)OCC(O)COP(=O)(O)OCC(COC(=O)CCCCCCC/C=C\C/C=C\C/C=C\CC)OC(=O)CCCCCCC/C=C\C/C=C\CCCCC. The normalized spacial score (nSPS) is 15.2. The van der Waals surface area contributed by atoms with Crippen LogP contribution in [0.15, 0.2) is 134 Å². The summed E-state index contributed by atoms with van der Waals surface area (Å²) in [6.07, 6.45) is 70.8. The Balaban J connectivity index is 4.72. The van der Waals surface area contributed by atoms with Gasteiger partial charge in [-0.05, 0) is 135 Å². The molecule has 0 bridgehead atoms. The number of phosphoric acid groups is 2. The van der Waals surface area contributed by atoms with Gasteiger partial charge in [0.1, 0.15) is 25.4 Å². The van der Waals surface area contributed by atoms with Crippen molar-refractivity contribution in [1.29, 1.82) is 0 Å². The first kappa shape index (κ1) is 82.7. The van der Waals surface area contributed by atoms with Crippen molar-refractivity contribution >= 4 is 33.6 Å². The Morgan fingerprint density at radius 2 is 0.609 bits per heavy atom. The summed E-state index contributed by atoms with van der Waals surface area (Å²) < 4.78 is 60.7. The molecule has 0 aromatic heterocycles. The highest BCUT2D eigenvalue weighted by Crippen LogP contribution is 2.45. The molecule has 0 spiro atoms. The second kappa shape index (κ2) is 61.9. The van der Waals surface area contributed by atoms with Crippen LogP contribution in [0, 0.1) is 0 Å². The van der Waals surface area contributed by atoms with E-state index < -0.39 is 91.5 Å². The Morgan fingerprint density at radius 3 is 0.989 bits per heavy atom. The van der Waals surface area contributed by atoms with Crippen molar-refractivity contribution in [3.63, 3.8) is 0 Å². The third kappa shape index (κ3) is 63.1. The molecule has 0 fully saturated rings. The van der Waals surface area contributed by atoms with Crippen LogP contribution in [0.3, 0.4) is 0 Å². The second-order valence-corrected chi connectivity index (χ2v) is 24.1. The van der Waals surface area contributed by atoms with Gasteiger partial charge in [0, 0.05) is 19.3 Å². The van der Waals surface area contributed by atoms with Gasteiger partial charge in [0.25, 0.3) is 0 Å². The van der Waals surface area contributed by atoms with Gasteiger partial charge in [-0.1, -0.05) is 206 Å². The number of rotatable bonds is 60. The van der Waals surface area contributed by atoms with Crippen molar-refractivity contribution in [2.24, 2.45) is 0 Å². The van der Waals surface area contributed by atoms with Crippen molar-refractivity contribution in [2.45, 2.75) is 245 Å². The molecule has 0 aliphatic heterocycles. The molecule has 0 amide bonds. The van der Waals surface area contributed by atoms with E-state index in [0.29, 0.717) is 19.3 Å². The highest BCUT2D eigenvalue weighted by Gasteiger charge is 2.29. The largest absolute Gasteiger partial charge is 0.472 e. The maximum absolute atomic E-state index is 12.9. The van der Waals surface area contributed by atoms with Crippen molar-refractivity contribution in [3.8, 4) is 0 Å². The molecular weight excluding hydrogens is 1150 g/mol. The molecule has 0 rings (SSSR count). The van der Waals surface area contributed by atoms with Gasteiger partial charge in [-0.3, -0.25) is 32.5 Å². The number of aliphatic hydroxyl groups is 2. The fourth-order valence-electron chi connectivity index (χ4n) is 7.91. The zero-order valence-electron chi connectivity index (χ0n) is 53.4. The van der Waals surface area contributed by atoms with E-state index in [0.717, 1.165) is 148 Å². The smallest absolute Gasteiger partial charge is 0.463 e. The van der Waals surface area contributed by atoms with Crippen LogP contribution < -0.4 is 0 Å². The Bertz CT molecular complexity index is 2120. The van der Waals surface area contributed by atoms with Crippen LogP contribution in [0.4, 0.5) is 0 Å². The number of allylic oxidation sites excluding steroid dienone is 22. The lowest BCUT2D eigenvalue weighted by Crippen LogP contribution is -2.30. The minimum atomic E-state index is -4.94. The number of aliphatic hydroxyl groups excluding tert-OH is 2. The topological polar surface area (TPSA) is 231 Å². The Kier molecular flexibility index (Phi) is 58.8. The zero-order valence-corrected chi connectivity index (χ0v) is 55.2. The molecule has 5 atom stereocenters. The molecule has 5 unspecified atom stereocenters. The summed E-state index contributed by atoms with van der Waals surface area (Å²) in [5.74, 6) is -1.66. The van der Waals surface area contributed by atoms with Crippen LogP contribution in [0.1, 0.15) is 226 Å². The molecule has 0 saturated heterocycles. The number of hydrogen-bond acceptors (Lipinski definition) is 14. The first-order valence-corrected chi connectivity index (χ1v) is 35.5. The molecular formula is C69H114O16P2. The number of hydrogen-bond donors (Lipinski definition) is 4. The number of unbranched alkanes of at least 4 members (excludes halogenated alkanes) is 15. The van der Waals surface area contributed by atoms with Gasteiger partial charge >= 0.3 is 33.6 Å². The predicted octanol–water partition coefficient (Wildman–Crippen LogP) is 17.6. The number of carbonyl (C=O) groups excluding carboxylic acids is 3. The minimum absolute atomic E-state index is 0.0797. The average Bonchev–Trinajstić information content (AvgIpc) is 3.68. The molecule has 4 N–H and O–H groups in total. The van der Waals surface area contributed by atoms with E-state index in [2.05, 4.69) is 154 Å². The van der Waals surface area contributed by atoms with E-state index in [1.54, 1.807) is 0 Å². The van der Waals surface area contributed by atoms with E-state index in [1.807, 2.05) is 0 Å². The fourth-order valence-corrected chi connectivity index (χ4v) is 9.49. The van der Waals surface area contributed by atoms with Gasteiger partial charge in [-0.15, -0.1) is 0 Å². The summed E-state index contributed by atoms with van der Waals surface area (Å²) in [6, 6.07) is 0. The first-order valence-electron chi connectivity index (χ1n) is 32.5. The van der Waals surface area contributed by atoms with Crippen LogP contribution in [0.5, 0.6) is 0 Å². The minimum Gasteiger partial charge on any atom is -0.463 e. The molecule has 0 saturated carbocycles. The van der Waals surface area contributed by atoms with E-state index in [9.17, 15) is 43.5 Å². The molecule has 0 radical (unpaired) electrons. The monoisotopic (exact) mass is 1260 g/mol. The lowest BCUT2D eigenvalue weighted by atomic mass is 10.1. The van der Waals surface area contributed by atoms with Crippen molar-refractivity contribution < 1.29 is 75.8 Å². The zero-order chi connectivity index (χ0) is 63.8. The van der Waals surface area contributed by atoms with E-state index in [-0.39, 0.29) is 19.3 Å². The van der Waals surface area contributed by atoms with Crippen molar-refractivity contribution in [2.75, 3.05) is 39.6 Å². The van der Waals surface area contributed by atoms with Gasteiger partial charge in [0.05, 0.1) is 26.4 Å². The molecule has 0 aliphatic rings. The third-order valence-electron chi connectivity index (χ3n) is 12.8. The molecule has 18 heteroatoms. The Hall–Kier alpha value is -4.31. The number of esters is 3. The van der Waals surface area contributed by atoms with E-state index >= 15 is 0 Å². The summed E-state index contributed by atoms with van der Waals surface area (Å²) in [7, 11) is -9.80. The highest BCUT2D eigenvalue weighted by atomic mass is 31.2. The van der Waals surface area contributed by atoms with Gasteiger partial charge in [-0.2, -0.15) is 0 Å². The average molecular weight is 1260 g/mol. The quantitative estimate of drug-likeness (QED) is 0.0146. The summed E-state index contributed by atoms with van der Waals surface area (Å²) in [5.41, 5.74) is 0. The molecule has 496 valence electrons. The van der Waals surface area contributed by atoms with Crippen LogP contribution in [-0.4, -0.2) is 95.9 Å². The first-order chi connectivity index (χ1) is 42.2. The van der Waals surface area contributed by atoms with E-state index in [1.165, 1.54) is 19.3 Å². The van der Waals surface area contributed by atoms with Gasteiger partial charge in [0.15, 0.2) is 6.10 Å². The molecule has 16 nitrogen and oxygen atoms in total. The number of carbonyl (C=O) groups is 3. The van der Waals surface area contributed by atoms with Crippen LogP contribution in [-0.2, 0) is 55.8 Å². The lowest BCUT2D eigenvalue weighted by molar-refractivity contribution is -0.161.